The van der Waals surface area contributed by atoms with E-state index in [-0.39, 0.29) is 23.3 Å². The molecule has 8 heteroatoms. The molecule has 3 heterocycles. The topological polar surface area (TPSA) is 67.7 Å². The van der Waals surface area contributed by atoms with Crippen molar-refractivity contribution < 1.29 is 9.53 Å². The molecule has 0 radical (unpaired) electrons. The number of carbonyl (C=O) groups excluding carboxylic acids is 1. The van der Waals surface area contributed by atoms with Crippen LogP contribution in [0.15, 0.2) is 64.5 Å². The van der Waals surface area contributed by atoms with Gasteiger partial charge in [0.1, 0.15) is 0 Å². The molecule has 2 atom stereocenters. The number of fused-ring (bicyclic) bond motifs is 1. The third kappa shape index (κ3) is 5.44. The lowest BCUT2D eigenvalue weighted by atomic mass is 10.1. The molecule has 184 valence electrons. The predicted octanol–water partition coefficient (Wildman–Crippen LogP) is 3.57. The van der Waals surface area contributed by atoms with Gasteiger partial charge in [0.2, 0.25) is 5.91 Å². The lowest BCUT2D eigenvalue weighted by Gasteiger charge is -2.38. The largest absolute Gasteiger partial charge is 0.376 e. The summed E-state index contributed by atoms with van der Waals surface area (Å²) in [5.41, 5.74) is 1.90. The Morgan fingerprint density at radius 1 is 1.09 bits per heavy atom. The highest BCUT2D eigenvalue weighted by Gasteiger charge is 2.26. The average molecular weight is 493 g/mol. The average Bonchev–Trinajstić information content (AvgIpc) is 3.43. The van der Waals surface area contributed by atoms with Gasteiger partial charge in [0.05, 0.1) is 29.3 Å². The Kier molecular flexibility index (Phi) is 7.51. The lowest BCUT2D eigenvalue weighted by Crippen LogP contribution is -2.49. The maximum Gasteiger partial charge on any atom is 0.262 e. The monoisotopic (exact) mass is 492 g/mol. The van der Waals surface area contributed by atoms with Crippen LogP contribution < -0.4 is 5.56 Å². The molecule has 35 heavy (non-hydrogen) atoms. The summed E-state index contributed by atoms with van der Waals surface area (Å²) >= 11 is 1.36. The van der Waals surface area contributed by atoms with Crippen LogP contribution in [0.3, 0.4) is 0 Å². The quantitative estimate of drug-likeness (QED) is 0.371. The van der Waals surface area contributed by atoms with Crippen LogP contribution in [0.25, 0.3) is 10.9 Å². The van der Waals surface area contributed by atoms with Crippen LogP contribution in [0.1, 0.15) is 31.4 Å². The van der Waals surface area contributed by atoms with Crippen molar-refractivity contribution in [3.8, 4) is 0 Å². The Balaban J connectivity index is 1.24. The van der Waals surface area contributed by atoms with Crippen molar-refractivity contribution in [2.45, 2.75) is 43.6 Å². The van der Waals surface area contributed by atoms with E-state index in [1.807, 2.05) is 35.2 Å². The number of hydrogen-bond donors (Lipinski definition) is 0. The van der Waals surface area contributed by atoms with Gasteiger partial charge in [-0.05, 0) is 37.5 Å². The summed E-state index contributed by atoms with van der Waals surface area (Å²) in [7, 11) is 0. The van der Waals surface area contributed by atoms with E-state index in [1.54, 1.807) is 4.57 Å². The molecule has 0 bridgehead atoms. The molecule has 5 rings (SSSR count). The summed E-state index contributed by atoms with van der Waals surface area (Å²) in [6, 6.07) is 18.2. The zero-order valence-corrected chi connectivity index (χ0v) is 21.0. The van der Waals surface area contributed by atoms with E-state index in [4.69, 9.17) is 9.72 Å². The number of benzene rings is 2. The summed E-state index contributed by atoms with van der Waals surface area (Å²) in [4.78, 5) is 35.4. The molecule has 2 saturated heterocycles. The number of amides is 1. The summed E-state index contributed by atoms with van der Waals surface area (Å²) in [6.07, 6.45) is 1.97. The number of ether oxygens (including phenoxy) is 1. The van der Waals surface area contributed by atoms with Crippen LogP contribution in [0.4, 0.5) is 0 Å². The molecule has 0 N–H and O–H groups in total. The lowest BCUT2D eigenvalue weighted by molar-refractivity contribution is -0.130. The van der Waals surface area contributed by atoms with Gasteiger partial charge >= 0.3 is 0 Å². The molecule has 1 aromatic heterocycles. The second-order valence-electron chi connectivity index (χ2n) is 9.25. The van der Waals surface area contributed by atoms with Crippen LogP contribution in [0.5, 0.6) is 0 Å². The number of carbonyl (C=O) groups is 1. The van der Waals surface area contributed by atoms with Gasteiger partial charge in [0.25, 0.3) is 5.56 Å². The number of para-hydroxylation sites is 1. The molecule has 1 amide bonds. The van der Waals surface area contributed by atoms with Gasteiger partial charge in [-0.15, -0.1) is 0 Å². The number of rotatable bonds is 7. The number of nitrogens with zero attached hydrogens (tertiary/aromatic N) is 4. The molecule has 0 spiro atoms. The Bertz CT molecular complexity index is 1220. The van der Waals surface area contributed by atoms with E-state index >= 15 is 0 Å². The van der Waals surface area contributed by atoms with Crippen molar-refractivity contribution in [2.75, 3.05) is 38.5 Å². The zero-order valence-electron chi connectivity index (χ0n) is 20.1. The first kappa shape index (κ1) is 24.0. The maximum atomic E-state index is 13.3. The third-order valence-electron chi connectivity index (χ3n) is 7.06. The minimum absolute atomic E-state index is 0.0189. The molecule has 0 saturated carbocycles. The first-order valence-corrected chi connectivity index (χ1v) is 13.4. The van der Waals surface area contributed by atoms with Gasteiger partial charge in [0, 0.05) is 38.8 Å². The maximum absolute atomic E-state index is 13.3. The number of piperazine rings is 1. The summed E-state index contributed by atoms with van der Waals surface area (Å²) < 4.78 is 7.49. The fourth-order valence-electron chi connectivity index (χ4n) is 4.93. The molecule has 3 aromatic rings. The van der Waals surface area contributed by atoms with Crippen molar-refractivity contribution in [1.29, 1.82) is 0 Å². The molecule has 7 nitrogen and oxygen atoms in total. The van der Waals surface area contributed by atoms with Crippen molar-refractivity contribution in [1.82, 2.24) is 19.4 Å². The summed E-state index contributed by atoms with van der Waals surface area (Å²) in [5.74, 6) is 0.359. The summed E-state index contributed by atoms with van der Waals surface area (Å²) in [5, 5.41) is 1.19. The Hall–Kier alpha value is -2.68. The SMILES string of the molecule is CC(c1ccccc1)N1CCN(C(=O)CSc2nc3ccccc3c(=O)n2CC2CCCO2)CC1. The number of hydrogen-bond acceptors (Lipinski definition) is 6. The normalized spacial score (nSPS) is 19.8. The van der Waals surface area contributed by atoms with Crippen molar-refractivity contribution in [3.63, 3.8) is 0 Å². The van der Waals surface area contributed by atoms with Crippen LogP contribution >= 0.6 is 11.8 Å². The molecular formula is C27H32N4O3S. The van der Waals surface area contributed by atoms with Crippen molar-refractivity contribution >= 4 is 28.6 Å². The van der Waals surface area contributed by atoms with Crippen molar-refractivity contribution in [2.24, 2.45) is 0 Å². The van der Waals surface area contributed by atoms with Crippen molar-refractivity contribution in [3.05, 3.63) is 70.5 Å². The van der Waals surface area contributed by atoms with Crippen LogP contribution in [-0.2, 0) is 16.1 Å². The molecule has 2 aliphatic heterocycles. The molecule has 2 fully saturated rings. The van der Waals surface area contributed by atoms with Gasteiger partial charge in [0.15, 0.2) is 5.16 Å². The molecule has 2 unspecified atom stereocenters. The molecule has 2 aliphatic rings. The van der Waals surface area contributed by atoms with E-state index in [0.717, 1.165) is 32.5 Å². The van der Waals surface area contributed by atoms with Gasteiger partial charge in [-0.25, -0.2) is 4.98 Å². The third-order valence-corrected chi connectivity index (χ3v) is 8.02. The molecular weight excluding hydrogens is 460 g/mol. The van der Waals surface area contributed by atoms with E-state index in [2.05, 4.69) is 36.1 Å². The second-order valence-corrected chi connectivity index (χ2v) is 10.2. The number of thioether (sulfide) groups is 1. The molecule has 2 aromatic carbocycles. The minimum atomic E-state index is -0.0652. The Labute approximate surface area is 210 Å². The first-order valence-electron chi connectivity index (χ1n) is 12.4. The van der Waals surface area contributed by atoms with E-state index < -0.39 is 0 Å². The minimum Gasteiger partial charge on any atom is -0.376 e. The van der Waals surface area contributed by atoms with Crippen LogP contribution in [0.2, 0.25) is 0 Å². The standard InChI is InChI=1S/C27H32N4O3S/c1-20(21-8-3-2-4-9-21)29-13-15-30(16-14-29)25(32)19-35-27-28-24-12-6-5-11-23(24)26(33)31(27)18-22-10-7-17-34-22/h2-6,8-9,11-12,20,22H,7,10,13-19H2,1H3. The summed E-state index contributed by atoms with van der Waals surface area (Å²) in [6.45, 7) is 6.56. The van der Waals surface area contributed by atoms with E-state index in [9.17, 15) is 9.59 Å². The van der Waals surface area contributed by atoms with Gasteiger partial charge < -0.3 is 9.64 Å². The van der Waals surface area contributed by atoms with Crippen LogP contribution in [-0.4, -0.2) is 69.9 Å². The first-order chi connectivity index (χ1) is 17.1. The second kappa shape index (κ2) is 10.9. The van der Waals surface area contributed by atoms with E-state index in [1.165, 1.54) is 17.3 Å². The van der Waals surface area contributed by atoms with Gasteiger partial charge in [-0.3, -0.25) is 19.1 Å². The fraction of sp³-hybridized carbons (Fsp3) is 0.444. The highest BCUT2D eigenvalue weighted by molar-refractivity contribution is 7.99. The van der Waals surface area contributed by atoms with E-state index in [0.29, 0.717) is 41.7 Å². The van der Waals surface area contributed by atoms with Gasteiger partial charge in [-0.2, -0.15) is 0 Å². The van der Waals surface area contributed by atoms with Crippen LogP contribution in [0, 0.1) is 0 Å². The smallest absolute Gasteiger partial charge is 0.262 e. The fourth-order valence-corrected chi connectivity index (χ4v) is 5.84. The highest BCUT2D eigenvalue weighted by Crippen LogP contribution is 2.24. The number of aromatic nitrogens is 2. The predicted molar refractivity (Wildman–Crippen MR) is 139 cm³/mol. The van der Waals surface area contributed by atoms with Gasteiger partial charge in [-0.1, -0.05) is 54.2 Å². The Morgan fingerprint density at radius 2 is 1.83 bits per heavy atom. The Morgan fingerprint density at radius 3 is 2.57 bits per heavy atom. The zero-order chi connectivity index (χ0) is 24.2. The highest BCUT2D eigenvalue weighted by atomic mass is 32.2. The molecule has 0 aliphatic carbocycles.